The lowest BCUT2D eigenvalue weighted by Gasteiger charge is -2.21. The van der Waals surface area contributed by atoms with E-state index in [2.05, 4.69) is 30.6 Å². The standard InChI is InChI=1S/C23H24F3N7O2/c1-35-21-15(23(24,25)26)9-13(10-28-21)16-4-5-17-19(32-16)20(30-12-29-17)31-14-6-8-33(11-14)22(34)18-3-2-7-27-18/h4-5,9-10,12,14,18,27H,2-3,6-8,11H2,1H3,(H,29,30,31)/t14-,18-/m0/s1. The zero-order valence-electron chi connectivity index (χ0n) is 19.0. The Labute approximate surface area is 199 Å². The maximum Gasteiger partial charge on any atom is 0.421 e. The summed E-state index contributed by atoms with van der Waals surface area (Å²) in [6, 6.07) is 4.10. The molecule has 2 fully saturated rings. The van der Waals surface area contributed by atoms with Gasteiger partial charge in [-0.25, -0.2) is 19.9 Å². The predicted octanol–water partition coefficient (Wildman–Crippen LogP) is 2.88. The number of anilines is 1. The fourth-order valence-electron chi connectivity index (χ4n) is 4.55. The van der Waals surface area contributed by atoms with Crippen molar-refractivity contribution in [3.05, 3.63) is 36.3 Å². The van der Waals surface area contributed by atoms with Gasteiger partial charge in [-0.05, 0) is 44.0 Å². The number of aromatic nitrogens is 4. The Morgan fingerprint density at radius 1 is 1.23 bits per heavy atom. The van der Waals surface area contributed by atoms with Crippen LogP contribution in [0.25, 0.3) is 22.3 Å². The molecule has 5 heterocycles. The van der Waals surface area contributed by atoms with E-state index in [1.165, 1.54) is 12.5 Å². The van der Waals surface area contributed by atoms with Crippen molar-refractivity contribution in [2.75, 3.05) is 32.1 Å². The molecule has 5 rings (SSSR count). The molecule has 0 aliphatic carbocycles. The summed E-state index contributed by atoms with van der Waals surface area (Å²) < 4.78 is 45.2. The van der Waals surface area contributed by atoms with Gasteiger partial charge in [0.25, 0.3) is 0 Å². The number of hydrogen-bond acceptors (Lipinski definition) is 8. The molecule has 0 radical (unpaired) electrons. The molecule has 2 aliphatic heterocycles. The van der Waals surface area contributed by atoms with Crippen molar-refractivity contribution in [1.82, 2.24) is 30.2 Å². The normalized spacial score (nSPS) is 20.4. The van der Waals surface area contributed by atoms with Crippen LogP contribution in [0, 0.1) is 0 Å². The number of amides is 1. The van der Waals surface area contributed by atoms with Crippen molar-refractivity contribution in [3.63, 3.8) is 0 Å². The highest BCUT2D eigenvalue weighted by atomic mass is 19.4. The van der Waals surface area contributed by atoms with Crippen LogP contribution in [0.2, 0.25) is 0 Å². The Bertz CT molecular complexity index is 1250. The minimum atomic E-state index is -4.62. The van der Waals surface area contributed by atoms with Crippen molar-refractivity contribution in [1.29, 1.82) is 0 Å². The first-order chi connectivity index (χ1) is 16.8. The van der Waals surface area contributed by atoms with Crippen LogP contribution < -0.4 is 15.4 Å². The highest BCUT2D eigenvalue weighted by Gasteiger charge is 2.36. The molecule has 3 aromatic heterocycles. The van der Waals surface area contributed by atoms with Gasteiger partial charge in [0.05, 0.1) is 24.4 Å². The van der Waals surface area contributed by atoms with E-state index in [4.69, 9.17) is 4.74 Å². The van der Waals surface area contributed by atoms with E-state index in [1.54, 1.807) is 12.1 Å². The number of pyridine rings is 2. The quantitative estimate of drug-likeness (QED) is 0.566. The van der Waals surface area contributed by atoms with Gasteiger partial charge in [0, 0.05) is 30.9 Å². The summed E-state index contributed by atoms with van der Waals surface area (Å²) in [4.78, 5) is 31.5. The Hall–Kier alpha value is -3.54. The highest BCUT2D eigenvalue weighted by molar-refractivity contribution is 5.87. The van der Waals surface area contributed by atoms with Gasteiger partial charge in [-0.1, -0.05) is 0 Å². The van der Waals surface area contributed by atoms with Crippen LogP contribution in [0.4, 0.5) is 19.0 Å². The lowest BCUT2D eigenvalue weighted by molar-refractivity contribution is -0.139. The third-order valence-corrected chi connectivity index (χ3v) is 6.33. The summed E-state index contributed by atoms with van der Waals surface area (Å²) in [5.74, 6) is 0.0840. The summed E-state index contributed by atoms with van der Waals surface area (Å²) in [7, 11) is 1.14. The second-order valence-corrected chi connectivity index (χ2v) is 8.63. The van der Waals surface area contributed by atoms with Crippen LogP contribution in [-0.4, -0.2) is 69.6 Å². The number of hydrogen-bond donors (Lipinski definition) is 2. The zero-order valence-corrected chi connectivity index (χ0v) is 19.0. The molecule has 184 valence electrons. The van der Waals surface area contributed by atoms with Gasteiger partial charge in [-0.2, -0.15) is 13.2 Å². The number of nitrogens with zero attached hydrogens (tertiary/aromatic N) is 5. The number of likely N-dealkylation sites (tertiary alicyclic amines) is 1. The first kappa shape index (κ1) is 23.2. The molecule has 1 amide bonds. The number of carbonyl (C=O) groups is 1. The number of halogens is 3. The molecule has 2 atom stereocenters. The van der Waals surface area contributed by atoms with Gasteiger partial charge in [0.2, 0.25) is 11.8 Å². The van der Waals surface area contributed by atoms with Gasteiger partial charge < -0.3 is 20.3 Å². The van der Waals surface area contributed by atoms with Crippen LogP contribution in [0.1, 0.15) is 24.8 Å². The maximum absolute atomic E-state index is 13.5. The van der Waals surface area contributed by atoms with Crippen molar-refractivity contribution in [2.45, 2.75) is 37.5 Å². The molecule has 12 heteroatoms. The number of nitrogens with one attached hydrogen (secondary N) is 2. The van der Waals surface area contributed by atoms with Gasteiger partial charge in [-0.3, -0.25) is 4.79 Å². The molecule has 0 saturated carbocycles. The predicted molar refractivity (Wildman–Crippen MR) is 122 cm³/mol. The van der Waals surface area contributed by atoms with Gasteiger partial charge >= 0.3 is 6.18 Å². The van der Waals surface area contributed by atoms with Crippen LogP contribution >= 0.6 is 0 Å². The molecule has 9 nitrogen and oxygen atoms in total. The molecular formula is C23H24F3N7O2. The molecule has 0 unspecified atom stereocenters. The van der Waals surface area contributed by atoms with Crippen molar-refractivity contribution < 1.29 is 22.7 Å². The highest BCUT2D eigenvalue weighted by Crippen LogP contribution is 2.37. The molecule has 35 heavy (non-hydrogen) atoms. The first-order valence-electron chi connectivity index (χ1n) is 11.4. The number of carbonyl (C=O) groups excluding carboxylic acids is 1. The Morgan fingerprint density at radius 3 is 2.83 bits per heavy atom. The lowest BCUT2D eigenvalue weighted by Crippen LogP contribution is -2.43. The second kappa shape index (κ2) is 9.25. The van der Waals surface area contributed by atoms with E-state index < -0.39 is 17.6 Å². The fraction of sp³-hybridized carbons (Fsp3) is 0.435. The summed E-state index contributed by atoms with van der Waals surface area (Å²) in [6.07, 6.45) is 0.676. The molecule has 2 N–H and O–H groups in total. The molecule has 2 saturated heterocycles. The van der Waals surface area contributed by atoms with Crippen LogP contribution in [0.15, 0.2) is 30.7 Å². The second-order valence-electron chi connectivity index (χ2n) is 8.63. The van der Waals surface area contributed by atoms with E-state index in [-0.39, 0.29) is 23.6 Å². The molecule has 0 aromatic carbocycles. The van der Waals surface area contributed by atoms with Crippen LogP contribution in [-0.2, 0) is 11.0 Å². The van der Waals surface area contributed by atoms with Gasteiger partial charge in [-0.15, -0.1) is 0 Å². The molecule has 0 bridgehead atoms. The van der Waals surface area contributed by atoms with Crippen molar-refractivity contribution in [3.8, 4) is 17.1 Å². The van der Waals surface area contributed by atoms with Crippen molar-refractivity contribution in [2.24, 2.45) is 0 Å². The van der Waals surface area contributed by atoms with Gasteiger partial charge in [0.15, 0.2) is 5.82 Å². The van der Waals surface area contributed by atoms with Crippen LogP contribution in [0.3, 0.4) is 0 Å². The van der Waals surface area contributed by atoms with E-state index in [0.717, 1.165) is 39.0 Å². The third-order valence-electron chi connectivity index (χ3n) is 6.33. The number of methoxy groups -OCH3 is 1. The lowest BCUT2D eigenvalue weighted by atomic mass is 10.1. The molecule has 0 spiro atoms. The van der Waals surface area contributed by atoms with E-state index in [1.807, 2.05) is 4.90 Å². The molecular weight excluding hydrogens is 463 g/mol. The summed E-state index contributed by atoms with van der Waals surface area (Å²) in [5.41, 5.74) is 0.485. The van der Waals surface area contributed by atoms with Crippen molar-refractivity contribution >= 4 is 22.8 Å². The monoisotopic (exact) mass is 487 g/mol. The maximum atomic E-state index is 13.5. The number of rotatable bonds is 5. The largest absolute Gasteiger partial charge is 0.481 e. The SMILES string of the molecule is COc1ncc(-c2ccc3ncnc(N[C@H]4CCN(C(=O)[C@@H]5CCCN5)C4)c3n2)cc1C(F)(F)F. The number of ether oxygens (including phenoxy) is 1. The van der Waals surface area contributed by atoms with Crippen LogP contribution in [0.5, 0.6) is 5.88 Å². The minimum Gasteiger partial charge on any atom is -0.481 e. The Kier molecular flexibility index (Phi) is 6.13. The summed E-state index contributed by atoms with van der Waals surface area (Å²) >= 11 is 0. The summed E-state index contributed by atoms with van der Waals surface area (Å²) in [6.45, 7) is 2.05. The smallest absolute Gasteiger partial charge is 0.421 e. The fourth-order valence-corrected chi connectivity index (χ4v) is 4.55. The Balaban J connectivity index is 1.40. The zero-order chi connectivity index (χ0) is 24.6. The summed E-state index contributed by atoms with van der Waals surface area (Å²) in [5, 5.41) is 6.59. The molecule has 3 aromatic rings. The Morgan fingerprint density at radius 2 is 2.09 bits per heavy atom. The van der Waals surface area contributed by atoms with E-state index >= 15 is 0 Å². The topological polar surface area (TPSA) is 105 Å². The first-order valence-corrected chi connectivity index (χ1v) is 11.4. The van der Waals surface area contributed by atoms with E-state index in [0.29, 0.717) is 35.6 Å². The van der Waals surface area contributed by atoms with E-state index in [9.17, 15) is 18.0 Å². The number of fused-ring (bicyclic) bond motifs is 1. The average molecular weight is 487 g/mol. The number of alkyl halides is 3. The average Bonchev–Trinajstić information content (AvgIpc) is 3.55. The molecule has 2 aliphatic rings. The third kappa shape index (κ3) is 4.70. The minimum absolute atomic E-state index is 0.0246. The van der Waals surface area contributed by atoms with Gasteiger partial charge in [0.1, 0.15) is 17.4 Å².